The highest BCUT2D eigenvalue weighted by molar-refractivity contribution is 5.44. The van der Waals surface area contributed by atoms with E-state index in [1.807, 2.05) is 6.07 Å². The highest BCUT2D eigenvalue weighted by atomic mass is 16.3. The van der Waals surface area contributed by atoms with Crippen molar-refractivity contribution in [2.45, 2.75) is 97.8 Å². The maximum absolute atomic E-state index is 10.3. The molecule has 0 aromatic heterocycles. The molecule has 1 aromatic carbocycles. The third-order valence-corrected chi connectivity index (χ3v) is 4.70. The van der Waals surface area contributed by atoms with E-state index in [1.165, 1.54) is 74.5 Å². The van der Waals surface area contributed by atoms with Gasteiger partial charge in [0, 0.05) is 0 Å². The summed E-state index contributed by atoms with van der Waals surface area (Å²) in [5, 5.41) is 10.3. The molecular weight excluding hydrogens is 268 g/mol. The van der Waals surface area contributed by atoms with Crippen molar-refractivity contribution in [2.75, 3.05) is 0 Å². The summed E-state index contributed by atoms with van der Waals surface area (Å²) in [5.41, 5.74) is 4.13. The van der Waals surface area contributed by atoms with Crippen molar-refractivity contribution >= 4 is 0 Å². The number of aromatic hydroxyl groups is 1. The molecule has 0 amide bonds. The Bertz CT molecular complexity index is 409. The molecule has 0 aliphatic heterocycles. The van der Waals surface area contributed by atoms with E-state index in [2.05, 4.69) is 26.8 Å². The van der Waals surface area contributed by atoms with Gasteiger partial charge in [0.15, 0.2) is 0 Å². The van der Waals surface area contributed by atoms with Gasteiger partial charge in [0.1, 0.15) is 5.75 Å². The van der Waals surface area contributed by atoms with Crippen LogP contribution < -0.4 is 0 Å². The van der Waals surface area contributed by atoms with Crippen molar-refractivity contribution < 1.29 is 5.11 Å². The van der Waals surface area contributed by atoms with E-state index in [-0.39, 0.29) is 0 Å². The van der Waals surface area contributed by atoms with Gasteiger partial charge in [-0.2, -0.15) is 0 Å². The molecule has 1 rings (SSSR count). The van der Waals surface area contributed by atoms with Crippen molar-refractivity contribution in [3.63, 3.8) is 0 Å². The molecular formula is C21H36O. The highest BCUT2D eigenvalue weighted by Crippen LogP contribution is 2.29. The molecule has 0 saturated carbocycles. The molecule has 0 atom stereocenters. The first-order valence-electron chi connectivity index (χ1n) is 9.57. The maximum Gasteiger partial charge on any atom is 0.119 e. The summed E-state index contributed by atoms with van der Waals surface area (Å²) < 4.78 is 0. The van der Waals surface area contributed by atoms with Crippen LogP contribution in [0.1, 0.15) is 95.2 Å². The summed E-state index contributed by atoms with van der Waals surface area (Å²) in [4.78, 5) is 0. The number of phenols is 1. The van der Waals surface area contributed by atoms with E-state index in [9.17, 15) is 5.11 Å². The van der Waals surface area contributed by atoms with Crippen molar-refractivity contribution in [3.8, 4) is 5.75 Å². The normalized spacial score (nSPS) is 11.0. The lowest BCUT2D eigenvalue weighted by atomic mass is 9.91. The lowest BCUT2D eigenvalue weighted by molar-refractivity contribution is 0.464. The number of unbranched alkanes of at least 4 members (excludes halogenated alkanes) is 7. The van der Waals surface area contributed by atoms with Crippen LogP contribution in [0.4, 0.5) is 0 Å². The summed E-state index contributed by atoms with van der Waals surface area (Å²) in [7, 11) is 0. The molecule has 0 unspecified atom stereocenters. The molecule has 1 heteroatoms. The van der Waals surface area contributed by atoms with Gasteiger partial charge in [0.25, 0.3) is 0 Å². The van der Waals surface area contributed by atoms with Crippen LogP contribution in [-0.2, 0) is 19.3 Å². The summed E-state index contributed by atoms with van der Waals surface area (Å²) in [6.07, 6.45) is 14.9. The predicted molar refractivity (Wildman–Crippen MR) is 97.8 cm³/mol. The van der Waals surface area contributed by atoms with Crippen LogP contribution in [0.3, 0.4) is 0 Å². The topological polar surface area (TPSA) is 20.2 Å². The van der Waals surface area contributed by atoms with Crippen molar-refractivity contribution in [2.24, 2.45) is 0 Å². The molecule has 0 bridgehead atoms. The van der Waals surface area contributed by atoms with E-state index in [0.29, 0.717) is 5.75 Å². The van der Waals surface area contributed by atoms with Crippen LogP contribution in [0.5, 0.6) is 5.75 Å². The van der Waals surface area contributed by atoms with Gasteiger partial charge in [0.2, 0.25) is 0 Å². The Morgan fingerprint density at radius 2 is 1.23 bits per heavy atom. The molecule has 1 nitrogen and oxygen atoms in total. The van der Waals surface area contributed by atoms with Crippen molar-refractivity contribution in [3.05, 3.63) is 28.8 Å². The van der Waals surface area contributed by atoms with Gasteiger partial charge in [-0.3, -0.25) is 0 Å². The zero-order valence-electron chi connectivity index (χ0n) is 15.1. The monoisotopic (exact) mass is 304 g/mol. The van der Waals surface area contributed by atoms with Gasteiger partial charge in [-0.1, -0.05) is 71.8 Å². The minimum Gasteiger partial charge on any atom is -0.508 e. The third kappa shape index (κ3) is 6.42. The molecule has 0 heterocycles. The zero-order chi connectivity index (χ0) is 16.2. The van der Waals surface area contributed by atoms with E-state index in [1.54, 1.807) is 0 Å². The second-order valence-electron chi connectivity index (χ2n) is 6.53. The van der Waals surface area contributed by atoms with Gasteiger partial charge in [-0.05, 0) is 54.9 Å². The fraction of sp³-hybridized carbons (Fsp3) is 0.714. The maximum atomic E-state index is 10.3. The Balaban J connectivity index is 2.65. The van der Waals surface area contributed by atoms with Crippen LogP contribution in [0.15, 0.2) is 12.1 Å². The van der Waals surface area contributed by atoms with Gasteiger partial charge in [-0.25, -0.2) is 0 Å². The first-order chi connectivity index (χ1) is 10.7. The zero-order valence-corrected chi connectivity index (χ0v) is 15.1. The molecule has 126 valence electrons. The minimum atomic E-state index is 0.525. The predicted octanol–water partition coefficient (Wildman–Crippen LogP) is 6.59. The molecule has 22 heavy (non-hydrogen) atoms. The molecule has 0 radical (unpaired) electrons. The lowest BCUT2D eigenvalue weighted by Gasteiger charge is -2.16. The minimum absolute atomic E-state index is 0.525. The third-order valence-electron chi connectivity index (χ3n) is 4.70. The Labute approximate surface area is 138 Å². The molecule has 1 N–H and O–H groups in total. The highest BCUT2D eigenvalue weighted by Gasteiger charge is 2.11. The number of benzene rings is 1. The Morgan fingerprint density at radius 1 is 0.682 bits per heavy atom. The summed E-state index contributed by atoms with van der Waals surface area (Å²) >= 11 is 0. The molecule has 0 aliphatic rings. The molecule has 0 spiro atoms. The smallest absolute Gasteiger partial charge is 0.119 e. The number of hydrogen-bond acceptors (Lipinski definition) is 1. The van der Waals surface area contributed by atoms with E-state index in [4.69, 9.17) is 0 Å². The summed E-state index contributed by atoms with van der Waals surface area (Å²) in [5.74, 6) is 0.525. The van der Waals surface area contributed by atoms with Crippen molar-refractivity contribution in [1.82, 2.24) is 0 Å². The van der Waals surface area contributed by atoms with Crippen LogP contribution >= 0.6 is 0 Å². The fourth-order valence-corrected chi connectivity index (χ4v) is 3.28. The number of rotatable bonds is 12. The molecule has 0 aliphatic carbocycles. The quantitative estimate of drug-likeness (QED) is 0.432. The van der Waals surface area contributed by atoms with E-state index < -0.39 is 0 Å². The summed E-state index contributed by atoms with van der Waals surface area (Å²) in [6.45, 7) is 6.74. The second kappa shape index (κ2) is 11.6. The lowest BCUT2D eigenvalue weighted by Crippen LogP contribution is -2.01. The van der Waals surface area contributed by atoms with Crippen LogP contribution in [0.25, 0.3) is 0 Å². The fourth-order valence-electron chi connectivity index (χ4n) is 3.28. The van der Waals surface area contributed by atoms with Crippen LogP contribution in [0, 0.1) is 0 Å². The Morgan fingerprint density at radius 3 is 1.91 bits per heavy atom. The Hall–Kier alpha value is -0.980. The van der Waals surface area contributed by atoms with Gasteiger partial charge < -0.3 is 5.11 Å². The SMILES string of the molecule is CCCCCCCCc1c(O)ccc(CC)c1CCCCC. The average Bonchev–Trinajstić information content (AvgIpc) is 2.53. The van der Waals surface area contributed by atoms with Crippen LogP contribution in [0.2, 0.25) is 0 Å². The number of aryl methyl sites for hydroxylation is 1. The first-order valence-corrected chi connectivity index (χ1v) is 9.57. The molecule has 0 fully saturated rings. The average molecular weight is 305 g/mol. The van der Waals surface area contributed by atoms with Gasteiger partial charge in [0.05, 0.1) is 0 Å². The second-order valence-corrected chi connectivity index (χ2v) is 6.53. The van der Waals surface area contributed by atoms with Gasteiger partial charge in [-0.15, -0.1) is 0 Å². The Kier molecular flexibility index (Phi) is 10.0. The molecule has 1 aromatic rings. The van der Waals surface area contributed by atoms with Crippen molar-refractivity contribution in [1.29, 1.82) is 0 Å². The van der Waals surface area contributed by atoms with Crippen LogP contribution in [-0.4, -0.2) is 5.11 Å². The molecule has 0 saturated heterocycles. The first kappa shape index (κ1) is 19.1. The largest absolute Gasteiger partial charge is 0.508 e. The summed E-state index contributed by atoms with van der Waals surface area (Å²) in [6, 6.07) is 4.04. The van der Waals surface area contributed by atoms with Gasteiger partial charge >= 0.3 is 0 Å². The number of hydrogen-bond donors (Lipinski definition) is 1. The van der Waals surface area contributed by atoms with E-state index >= 15 is 0 Å². The standard InChI is InChI=1S/C21H36O/c1-4-7-9-10-11-13-15-20-19(14-12-8-5-2)18(6-3)16-17-21(20)22/h16-17,22H,4-15H2,1-3H3. The van der Waals surface area contributed by atoms with E-state index in [0.717, 1.165) is 19.3 Å². The number of phenolic OH excluding ortho intramolecular Hbond substituents is 1.